The molecule has 4 aromatic rings. The molecule has 9 nitrogen and oxygen atoms in total. The SMILES string of the molecule is CCOc1cc(N2CCC(O)CC2)ccc1Nc1nc(Nc2ccccc2SC(C)C)c2cn[nH]c2n1. The number of aliphatic hydroxyl groups excluding tert-OH is 1. The lowest BCUT2D eigenvalue weighted by atomic mass is 10.1. The van der Waals surface area contributed by atoms with Crippen LogP contribution in [0.15, 0.2) is 53.6 Å². The standard InChI is InChI=1S/C27H33N7O2S/c1-4-36-23-15-18(34-13-11-19(35)12-14-34)9-10-21(23)30-27-31-25(20-16-28-33-26(20)32-27)29-22-7-5-6-8-24(22)37-17(2)3/h5-10,15-17,19,35H,4,11-14H2,1-3H3,(H3,28,29,30,31,32,33). The number of benzene rings is 2. The monoisotopic (exact) mass is 519 g/mol. The summed E-state index contributed by atoms with van der Waals surface area (Å²) < 4.78 is 5.98. The van der Waals surface area contributed by atoms with Crippen molar-refractivity contribution in [3.63, 3.8) is 0 Å². The summed E-state index contributed by atoms with van der Waals surface area (Å²) >= 11 is 1.80. The Morgan fingerprint density at radius 3 is 2.70 bits per heavy atom. The molecule has 5 rings (SSSR count). The Labute approximate surface area is 221 Å². The first-order valence-electron chi connectivity index (χ1n) is 12.7. The second-order valence-electron chi connectivity index (χ2n) is 9.27. The van der Waals surface area contributed by atoms with Crippen LogP contribution in [0.25, 0.3) is 11.0 Å². The van der Waals surface area contributed by atoms with E-state index in [1.165, 1.54) is 0 Å². The number of aromatic nitrogens is 4. The highest BCUT2D eigenvalue weighted by atomic mass is 32.2. The third-order valence-electron chi connectivity index (χ3n) is 6.15. The number of thioether (sulfide) groups is 1. The summed E-state index contributed by atoms with van der Waals surface area (Å²) in [5.74, 6) is 1.83. The largest absolute Gasteiger partial charge is 0.492 e. The molecule has 0 aliphatic carbocycles. The minimum absolute atomic E-state index is 0.211. The van der Waals surface area contributed by atoms with E-state index in [1.807, 2.05) is 31.2 Å². The molecule has 0 amide bonds. The fourth-order valence-electron chi connectivity index (χ4n) is 4.37. The van der Waals surface area contributed by atoms with Gasteiger partial charge in [0.2, 0.25) is 5.95 Å². The van der Waals surface area contributed by atoms with Crippen LogP contribution in [0.5, 0.6) is 5.75 Å². The molecule has 1 fully saturated rings. The molecule has 0 spiro atoms. The molecule has 0 radical (unpaired) electrons. The van der Waals surface area contributed by atoms with Gasteiger partial charge >= 0.3 is 0 Å². The van der Waals surface area contributed by atoms with Crippen molar-refractivity contribution >= 4 is 51.6 Å². The minimum atomic E-state index is -0.211. The van der Waals surface area contributed by atoms with Crippen molar-refractivity contribution in [1.82, 2.24) is 20.2 Å². The highest BCUT2D eigenvalue weighted by Gasteiger charge is 2.19. The van der Waals surface area contributed by atoms with Gasteiger partial charge in [-0.15, -0.1) is 11.8 Å². The normalized spacial score (nSPS) is 14.4. The quantitative estimate of drug-likeness (QED) is 0.207. The molecule has 0 bridgehead atoms. The van der Waals surface area contributed by atoms with Crippen molar-refractivity contribution in [3.05, 3.63) is 48.7 Å². The Balaban J connectivity index is 1.44. The first-order chi connectivity index (χ1) is 18.0. The molecule has 2 aromatic heterocycles. The molecule has 1 saturated heterocycles. The number of piperidine rings is 1. The zero-order chi connectivity index (χ0) is 25.8. The molecule has 3 heterocycles. The maximum atomic E-state index is 9.86. The summed E-state index contributed by atoms with van der Waals surface area (Å²) in [4.78, 5) is 12.9. The summed E-state index contributed by atoms with van der Waals surface area (Å²) in [6, 6.07) is 14.3. The van der Waals surface area contributed by atoms with Crippen LogP contribution in [0.3, 0.4) is 0 Å². The zero-order valence-corrected chi connectivity index (χ0v) is 22.2. The number of fused-ring (bicyclic) bond motifs is 1. The fourth-order valence-corrected chi connectivity index (χ4v) is 5.28. The summed E-state index contributed by atoms with van der Waals surface area (Å²) in [7, 11) is 0. The average Bonchev–Trinajstić information content (AvgIpc) is 3.36. The molecule has 0 atom stereocenters. The van der Waals surface area contributed by atoms with Crippen molar-refractivity contribution in [2.45, 2.75) is 49.9 Å². The van der Waals surface area contributed by atoms with Crippen LogP contribution in [0.4, 0.5) is 28.8 Å². The Morgan fingerprint density at radius 2 is 1.92 bits per heavy atom. The van der Waals surface area contributed by atoms with E-state index >= 15 is 0 Å². The molecule has 1 aliphatic rings. The van der Waals surface area contributed by atoms with Crippen molar-refractivity contribution in [2.24, 2.45) is 0 Å². The van der Waals surface area contributed by atoms with E-state index in [1.54, 1.807) is 18.0 Å². The van der Waals surface area contributed by atoms with Gasteiger partial charge < -0.3 is 25.4 Å². The smallest absolute Gasteiger partial charge is 0.231 e. The van der Waals surface area contributed by atoms with E-state index in [4.69, 9.17) is 9.72 Å². The Kier molecular flexibility index (Phi) is 7.66. The number of aromatic amines is 1. The molecular weight excluding hydrogens is 486 g/mol. The number of hydrogen-bond acceptors (Lipinski definition) is 9. The van der Waals surface area contributed by atoms with Gasteiger partial charge in [0.25, 0.3) is 0 Å². The maximum absolute atomic E-state index is 9.86. The second kappa shape index (κ2) is 11.3. The molecular formula is C27H33N7O2S. The average molecular weight is 520 g/mol. The van der Waals surface area contributed by atoms with Gasteiger partial charge in [0.05, 0.1) is 35.7 Å². The summed E-state index contributed by atoms with van der Waals surface area (Å²) in [6.07, 6.45) is 3.07. The third-order valence-corrected chi connectivity index (χ3v) is 7.24. The van der Waals surface area contributed by atoms with Crippen LogP contribution in [0.1, 0.15) is 33.6 Å². The Hall–Kier alpha value is -3.50. The van der Waals surface area contributed by atoms with E-state index < -0.39 is 0 Å². The first kappa shape index (κ1) is 25.2. The molecule has 2 aromatic carbocycles. The van der Waals surface area contributed by atoms with Gasteiger partial charge in [-0.25, -0.2) is 0 Å². The van der Waals surface area contributed by atoms with E-state index in [9.17, 15) is 5.11 Å². The van der Waals surface area contributed by atoms with E-state index in [0.717, 1.165) is 59.0 Å². The molecule has 194 valence electrons. The number of para-hydroxylation sites is 1. The van der Waals surface area contributed by atoms with E-state index in [-0.39, 0.29) is 6.10 Å². The molecule has 37 heavy (non-hydrogen) atoms. The molecule has 1 aliphatic heterocycles. The fraction of sp³-hybridized carbons (Fsp3) is 0.370. The third kappa shape index (κ3) is 5.91. The van der Waals surface area contributed by atoms with E-state index in [0.29, 0.717) is 29.3 Å². The molecule has 0 unspecified atom stereocenters. The van der Waals surface area contributed by atoms with Gasteiger partial charge in [-0.3, -0.25) is 5.10 Å². The topological polar surface area (TPSA) is 111 Å². The highest BCUT2D eigenvalue weighted by molar-refractivity contribution is 8.00. The highest BCUT2D eigenvalue weighted by Crippen LogP contribution is 2.35. The van der Waals surface area contributed by atoms with Crippen LogP contribution < -0.4 is 20.3 Å². The van der Waals surface area contributed by atoms with Crippen molar-refractivity contribution in [3.8, 4) is 5.75 Å². The number of hydrogen-bond donors (Lipinski definition) is 4. The van der Waals surface area contributed by atoms with Crippen LogP contribution in [0.2, 0.25) is 0 Å². The minimum Gasteiger partial charge on any atom is -0.492 e. The van der Waals surface area contributed by atoms with Crippen molar-refractivity contribution in [2.75, 3.05) is 35.2 Å². The summed E-state index contributed by atoms with van der Waals surface area (Å²) in [5.41, 5.74) is 3.48. The predicted molar refractivity (Wildman–Crippen MR) is 151 cm³/mol. The van der Waals surface area contributed by atoms with Gasteiger partial charge in [0, 0.05) is 35.0 Å². The Morgan fingerprint density at radius 1 is 1.11 bits per heavy atom. The van der Waals surface area contributed by atoms with Gasteiger partial charge in [-0.2, -0.15) is 15.1 Å². The summed E-state index contributed by atoms with van der Waals surface area (Å²) in [6.45, 7) is 8.51. The number of H-pyrrole nitrogens is 1. The van der Waals surface area contributed by atoms with Crippen LogP contribution >= 0.6 is 11.8 Å². The van der Waals surface area contributed by atoms with Crippen LogP contribution in [0, 0.1) is 0 Å². The number of rotatable bonds is 9. The van der Waals surface area contributed by atoms with Gasteiger partial charge in [0.1, 0.15) is 11.6 Å². The number of nitrogens with one attached hydrogen (secondary N) is 3. The maximum Gasteiger partial charge on any atom is 0.231 e. The van der Waals surface area contributed by atoms with Crippen LogP contribution in [-0.4, -0.2) is 56.3 Å². The molecule has 10 heteroatoms. The lowest BCUT2D eigenvalue weighted by Crippen LogP contribution is -2.35. The lowest BCUT2D eigenvalue weighted by Gasteiger charge is -2.32. The van der Waals surface area contributed by atoms with E-state index in [2.05, 4.69) is 62.8 Å². The second-order valence-corrected chi connectivity index (χ2v) is 10.9. The number of aliphatic hydroxyl groups is 1. The number of anilines is 5. The predicted octanol–water partition coefficient (Wildman–Crippen LogP) is 5.70. The zero-order valence-electron chi connectivity index (χ0n) is 21.4. The van der Waals surface area contributed by atoms with Crippen molar-refractivity contribution < 1.29 is 9.84 Å². The number of ether oxygens (including phenoxy) is 1. The number of nitrogens with zero attached hydrogens (tertiary/aromatic N) is 4. The van der Waals surface area contributed by atoms with Gasteiger partial charge in [-0.05, 0) is 44.0 Å². The van der Waals surface area contributed by atoms with Gasteiger partial charge in [-0.1, -0.05) is 26.0 Å². The Bertz CT molecular complexity index is 1350. The van der Waals surface area contributed by atoms with Crippen LogP contribution in [-0.2, 0) is 0 Å². The van der Waals surface area contributed by atoms with Gasteiger partial charge in [0.15, 0.2) is 5.65 Å². The first-order valence-corrected chi connectivity index (χ1v) is 13.6. The summed E-state index contributed by atoms with van der Waals surface area (Å²) in [5, 5.41) is 25.1. The molecule has 4 N–H and O–H groups in total. The molecule has 0 saturated carbocycles. The van der Waals surface area contributed by atoms with Crippen molar-refractivity contribution in [1.29, 1.82) is 0 Å². The lowest BCUT2D eigenvalue weighted by molar-refractivity contribution is 0.145.